The standard InChI is InChI=1S/C20H28N2O2/c1-3-13(2)12-22-7-6-20-10-19(24)21-11-17(20)18(22)8-14-4-5-15(23)9-16(14)20/h4-5,9,13,17-18,23H,3,6-8,10-12H2,1-2H3,(H,21,24)/t13?,17-,18+,20?/m0/s1. The molecule has 2 aliphatic heterocycles. The maximum Gasteiger partial charge on any atom is 0.220 e. The Bertz CT molecular complexity index is 659. The minimum Gasteiger partial charge on any atom is -0.508 e. The number of nitrogens with one attached hydrogen (secondary N) is 1. The molecule has 0 aromatic heterocycles. The highest BCUT2D eigenvalue weighted by Crippen LogP contribution is 2.52. The first kappa shape index (κ1) is 15.9. The van der Waals surface area contributed by atoms with Crippen LogP contribution in [0, 0.1) is 11.8 Å². The van der Waals surface area contributed by atoms with E-state index in [1.54, 1.807) is 6.07 Å². The van der Waals surface area contributed by atoms with E-state index < -0.39 is 0 Å². The third-order valence-electron chi connectivity index (χ3n) is 6.79. The smallest absolute Gasteiger partial charge is 0.220 e. The maximum absolute atomic E-state index is 12.2. The first-order valence-electron chi connectivity index (χ1n) is 9.36. The average Bonchev–Trinajstić information content (AvgIpc) is 2.57. The number of benzene rings is 1. The Kier molecular flexibility index (Phi) is 3.83. The summed E-state index contributed by atoms with van der Waals surface area (Å²) in [7, 11) is 0. The summed E-state index contributed by atoms with van der Waals surface area (Å²) in [6.07, 6.45) is 3.84. The number of phenols is 1. The third-order valence-corrected chi connectivity index (χ3v) is 6.79. The number of rotatable bonds is 3. The number of phenolic OH excluding ortho intramolecular Hbond substituents is 1. The molecule has 2 N–H and O–H groups in total. The van der Waals surface area contributed by atoms with Crippen LogP contribution in [0.3, 0.4) is 0 Å². The number of carbonyl (C=O) groups is 1. The Morgan fingerprint density at radius 1 is 1.46 bits per heavy atom. The third kappa shape index (κ3) is 2.34. The van der Waals surface area contributed by atoms with Gasteiger partial charge < -0.3 is 10.4 Å². The summed E-state index contributed by atoms with van der Waals surface area (Å²) in [5.74, 6) is 1.66. The number of aromatic hydroxyl groups is 1. The van der Waals surface area contributed by atoms with Crippen molar-refractivity contribution in [3.63, 3.8) is 0 Å². The fraction of sp³-hybridized carbons (Fsp3) is 0.650. The number of nitrogens with zero attached hydrogens (tertiary/aromatic N) is 1. The summed E-state index contributed by atoms with van der Waals surface area (Å²) in [5, 5.41) is 13.1. The van der Waals surface area contributed by atoms with E-state index in [-0.39, 0.29) is 11.3 Å². The molecule has 24 heavy (non-hydrogen) atoms. The van der Waals surface area contributed by atoms with Crippen LogP contribution < -0.4 is 5.32 Å². The van der Waals surface area contributed by atoms with Crippen molar-refractivity contribution in [1.82, 2.24) is 10.2 Å². The van der Waals surface area contributed by atoms with Crippen LogP contribution in [0.15, 0.2) is 18.2 Å². The molecule has 0 radical (unpaired) electrons. The molecular formula is C20H28N2O2. The molecule has 4 rings (SSSR count). The van der Waals surface area contributed by atoms with Crippen LogP contribution in [0.1, 0.15) is 44.2 Å². The van der Waals surface area contributed by atoms with Gasteiger partial charge >= 0.3 is 0 Å². The summed E-state index contributed by atoms with van der Waals surface area (Å²) >= 11 is 0. The van der Waals surface area contributed by atoms with Crippen molar-refractivity contribution in [1.29, 1.82) is 0 Å². The zero-order chi connectivity index (χ0) is 16.9. The largest absolute Gasteiger partial charge is 0.508 e. The van der Waals surface area contributed by atoms with E-state index in [4.69, 9.17) is 0 Å². The summed E-state index contributed by atoms with van der Waals surface area (Å²) in [6, 6.07) is 6.31. The fourth-order valence-electron chi connectivity index (χ4n) is 5.33. The second-order valence-corrected chi connectivity index (χ2v) is 8.11. The van der Waals surface area contributed by atoms with Gasteiger partial charge in [0.1, 0.15) is 5.75 Å². The van der Waals surface area contributed by atoms with E-state index in [0.717, 1.165) is 32.5 Å². The lowest BCUT2D eigenvalue weighted by Crippen LogP contribution is -2.66. The van der Waals surface area contributed by atoms with Crippen LogP contribution in [0.4, 0.5) is 0 Å². The SMILES string of the molecule is CCC(C)CN1CCC23CC(=O)NC[C@H]2[C@H]1Cc1ccc(O)cc13. The zero-order valence-corrected chi connectivity index (χ0v) is 14.7. The highest BCUT2D eigenvalue weighted by Gasteiger charge is 2.55. The van der Waals surface area contributed by atoms with Gasteiger partial charge in [-0.1, -0.05) is 26.3 Å². The molecule has 1 amide bonds. The average molecular weight is 328 g/mol. The van der Waals surface area contributed by atoms with E-state index in [1.807, 2.05) is 6.07 Å². The lowest BCUT2D eigenvalue weighted by Gasteiger charge is -2.58. The van der Waals surface area contributed by atoms with Gasteiger partial charge in [0.2, 0.25) is 5.91 Å². The normalized spacial score (nSPS) is 33.3. The van der Waals surface area contributed by atoms with E-state index in [2.05, 4.69) is 30.1 Å². The summed E-state index contributed by atoms with van der Waals surface area (Å²) in [6.45, 7) is 7.58. The number of carbonyl (C=O) groups excluding carboxylic acids is 1. The molecule has 2 heterocycles. The van der Waals surface area contributed by atoms with Crippen molar-refractivity contribution in [2.24, 2.45) is 11.8 Å². The van der Waals surface area contributed by atoms with Crippen molar-refractivity contribution >= 4 is 5.91 Å². The Labute approximate surface area is 144 Å². The first-order chi connectivity index (χ1) is 11.5. The van der Waals surface area contributed by atoms with E-state index in [9.17, 15) is 9.90 Å². The highest BCUT2D eigenvalue weighted by atomic mass is 16.3. The molecular weight excluding hydrogens is 300 g/mol. The van der Waals surface area contributed by atoms with Crippen molar-refractivity contribution in [3.05, 3.63) is 29.3 Å². The number of piperidine rings is 2. The second-order valence-electron chi connectivity index (χ2n) is 8.11. The van der Waals surface area contributed by atoms with Crippen molar-refractivity contribution in [3.8, 4) is 5.75 Å². The number of fused-ring (bicyclic) bond motifs is 1. The van der Waals surface area contributed by atoms with Crippen LogP contribution in [0.25, 0.3) is 0 Å². The molecule has 1 aromatic rings. The summed E-state index contributed by atoms with van der Waals surface area (Å²) in [5.41, 5.74) is 2.49. The molecule has 130 valence electrons. The van der Waals surface area contributed by atoms with Crippen molar-refractivity contribution in [2.75, 3.05) is 19.6 Å². The Balaban J connectivity index is 1.76. The van der Waals surface area contributed by atoms with E-state index in [1.165, 1.54) is 17.5 Å². The van der Waals surface area contributed by atoms with Crippen molar-refractivity contribution in [2.45, 2.75) is 51.0 Å². The zero-order valence-electron chi connectivity index (χ0n) is 14.7. The van der Waals surface area contributed by atoms with Gasteiger partial charge in [0, 0.05) is 36.9 Å². The van der Waals surface area contributed by atoms with Gasteiger partial charge in [-0.3, -0.25) is 9.69 Å². The van der Waals surface area contributed by atoms with Gasteiger partial charge in [0.05, 0.1) is 0 Å². The first-order valence-corrected chi connectivity index (χ1v) is 9.36. The minimum atomic E-state index is -0.0781. The molecule has 0 saturated carbocycles. The van der Waals surface area contributed by atoms with Crippen LogP contribution in [-0.4, -0.2) is 41.6 Å². The summed E-state index contributed by atoms with van der Waals surface area (Å²) in [4.78, 5) is 14.9. The van der Waals surface area contributed by atoms with Gasteiger partial charge in [-0.2, -0.15) is 0 Å². The predicted molar refractivity (Wildman–Crippen MR) is 94.0 cm³/mol. The maximum atomic E-state index is 12.2. The van der Waals surface area contributed by atoms with Gasteiger partial charge in [0.15, 0.2) is 0 Å². The van der Waals surface area contributed by atoms with Crippen LogP contribution in [0.2, 0.25) is 0 Å². The summed E-state index contributed by atoms with van der Waals surface area (Å²) < 4.78 is 0. The second kappa shape index (κ2) is 5.76. The van der Waals surface area contributed by atoms with E-state index in [0.29, 0.717) is 30.0 Å². The molecule has 4 atom stereocenters. The molecule has 4 heteroatoms. The minimum absolute atomic E-state index is 0.0781. The monoisotopic (exact) mass is 328 g/mol. The fourth-order valence-corrected chi connectivity index (χ4v) is 5.33. The molecule has 0 spiro atoms. The number of amides is 1. The predicted octanol–water partition coefficient (Wildman–Crippen LogP) is 2.44. The van der Waals surface area contributed by atoms with Crippen molar-refractivity contribution < 1.29 is 9.90 Å². The molecule has 2 bridgehead atoms. The van der Waals surface area contributed by atoms with E-state index >= 15 is 0 Å². The van der Waals surface area contributed by atoms with Gasteiger partial charge in [0.25, 0.3) is 0 Å². The van der Waals surface area contributed by atoms with Crippen LogP contribution in [0.5, 0.6) is 5.75 Å². The molecule has 3 aliphatic rings. The highest BCUT2D eigenvalue weighted by molar-refractivity contribution is 5.79. The number of hydrogen-bond acceptors (Lipinski definition) is 3. The molecule has 1 aliphatic carbocycles. The quantitative estimate of drug-likeness (QED) is 0.896. The Morgan fingerprint density at radius 2 is 2.29 bits per heavy atom. The van der Waals surface area contributed by atoms with Crippen LogP contribution in [-0.2, 0) is 16.6 Å². The molecule has 2 unspecified atom stereocenters. The Hall–Kier alpha value is -1.55. The number of hydrogen-bond donors (Lipinski definition) is 2. The lowest BCUT2D eigenvalue weighted by atomic mass is 9.54. The molecule has 4 nitrogen and oxygen atoms in total. The molecule has 2 fully saturated rings. The molecule has 1 aromatic carbocycles. The van der Waals surface area contributed by atoms with Gasteiger partial charge in [-0.25, -0.2) is 0 Å². The van der Waals surface area contributed by atoms with Gasteiger partial charge in [-0.15, -0.1) is 0 Å². The van der Waals surface area contributed by atoms with Gasteiger partial charge in [-0.05, 0) is 48.6 Å². The topological polar surface area (TPSA) is 52.6 Å². The number of likely N-dealkylation sites (tertiary alicyclic amines) is 1. The lowest BCUT2D eigenvalue weighted by molar-refractivity contribution is -0.129. The van der Waals surface area contributed by atoms with Crippen LogP contribution >= 0.6 is 0 Å². The Morgan fingerprint density at radius 3 is 3.08 bits per heavy atom. The molecule has 2 saturated heterocycles.